The number of benzene rings is 2. The number of aliphatic hydroxyl groups is 1. The Morgan fingerprint density at radius 3 is 2.64 bits per heavy atom. The molecule has 0 aliphatic heterocycles. The molecule has 0 heterocycles. The Kier molecular flexibility index (Phi) is 7.22. The molecule has 0 aliphatic carbocycles. The predicted molar refractivity (Wildman–Crippen MR) is 95.2 cm³/mol. The highest BCUT2D eigenvalue weighted by molar-refractivity contribution is 5.89. The maximum atomic E-state index is 13.9. The summed E-state index contributed by atoms with van der Waals surface area (Å²) in [4.78, 5) is 12.2. The van der Waals surface area contributed by atoms with Gasteiger partial charge in [0.2, 0.25) is 0 Å². The Hall–Kier alpha value is -2.60. The van der Waals surface area contributed by atoms with Gasteiger partial charge in [0.25, 0.3) is 0 Å². The van der Waals surface area contributed by atoms with Gasteiger partial charge in [0.15, 0.2) is 11.6 Å². The molecule has 0 aliphatic rings. The van der Waals surface area contributed by atoms with E-state index in [1.807, 2.05) is 30.3 Å². The normalized spacial score (nSPS) is 11.6. The SMILES string of the molecule is CCOc1ccc(NC(=O)NC(CCCO)c2ccccc2)cc1F. The van der Waals surface area contributed by atoms with Gasteiger partial charge in [-0.25, -0.2) is 9.18 Å². The molecular weight excluding hydrogens is 323 g/mol. The van der Waals surface area contributed by atoms with E-state index in [0.29, 0.717) is 25.1 Å². The van der Waals surface area contributed by atoms with Crippen molar-refractivity contribution < 1.29 is 19.0 Å². The summed E-state index contributed by atoms with van der Waals surface area (Å²) < 4.78 is 19.0. The maximum absolute atomic E-state index is 13.9. The van der Waals surface area contributed by atoms with Gasteiger partial charge in [-0.1, -0.05) is 30.3 Å². The van der Waals surface area contributed by atoms with Crippen molar-refractivity contribution in [3.05, 3.63) is 59.9 Å². The Labute approximate surface area is 146 Å². The first-order chi connectivity index (χ1) is 12.1. The van der Waals surface area contributed by atoms with Gasteiger partial charge in [-0.05, 0) is 37.5 Å². The minimum absolute atomic E-state index is 0.0523. The van der Waals surface area contributed by atoms with E-state index >= 15 is 0 Å². The van der Waals surface area contributed by atoms with Gasteiger partial charge < -0.3 is 20.5 Å². The fourth-order valence-corrected chi connectivity index (χ4v) is 2.48. The van der Waals surface area contributed by atoms with Crippen LogP contribution in [0.25, 0.3) is 0 Å². The molecule has 0 spiro atoms. The summed E-state index contributed by atoms with van der Waals surface area (Å²) >= 11 is 0. The lowest BCUT2D eigenvalue weighted by atomic mass is 10.0. The molecule has 3 N–H and O–H groups in total. The van der Waals surface area contributed by atoms with Gasteiger partial charge in [-0.3, -0.25) is 0 Å². The monoisotopic (exact) mass is 346 g/mol. The lowest BCUT2D eigenvalue weighted by Gasteiger charge is -2.19. The van der Waals surface area contributed by atoms with Crippen molar-refractivity contribution in [3.63, 3.8) is 0 Å². The zero-order chi connectivity index (χ0) is 18.1. The first-order valence-corrected chi connectivity index (χ1v) is 8.29. The molecule has 0 fully saturated rings. The topological polar surface area (TPSA) is 70.6 Å². The molecule has 25 heavy (non-hydrogen) atoms. The van der Waals surface area contributed by atoms with Crippen LogP contribution in [0.5, 0.6) is 5.75 Å². The van der Waals surface area contributed by atoms with Crippen molar-refractivity contribution in [1.82, 2.24) is 5.32 Å². The van der Waals surface area contributed by atoms with Gasteiger partial charge in [0.1, 0.15) is 0 Å². The Morgan fingerprint density at radius 2 is 2.00 bits per heavy atom. The maximum Gasteiger partial charge on any atom is 0.319 e. The first kappa shape index (κ1) is 18.7. The molecule has 2 amide bonds. The summed E-state index contributed by atoms with van der Waals surface area (Å²) in [6.07, 6.45) is 1.17. The number of halogens is 1. The Morgan fingerprint density at radius 1 is 1.24 bits per heavy atom. The number of aliphatic hydroxyl groups excluding tert-OH is 1. The fraction of sp³-hybridized carbons (Fsp3) is 0.316. The van der Waals surface area contributed by atoms with Crippen LogP contribution in [-0.2, 0) is 0 Å². The number of rotatable bonds is 8. The molecule has 134 valence electrons. The highest BCUT2D eigenvalue weighted by atomic mass is 19.1. The molecule has 0 aromatic heterocycles. The van der Waals surface area contributed by atoms with Crippen LogP contribution >= 0.6 is 0 Å². The second-order valence-corrected chi connectivity index (χ2v) is 5.51. The van der Waals surface area contributed by atoms with Gasteiger partial charge >= 0.3 is 6.03 Å². The van der Waals surface area contributed by atoms with Crippen LogP contribution in [0.15, 0.2) is 48.5 Å². The lowest BCUT2D eigenvalue weighted by Crippen LogP contribution is -2.32. The van der Waals surface area contributed by atoms with Crippen LogP contribution in [0.4, 0.5) is 14.9 Å². The lowest BCUT2D eigenvalue weighted by molar-refractivity contribution is 0.243. The molecule has 5 nitrogen and oxygen atoms in total. The number of nitrogens with one attached hydrogen (secondary N) is 2. The standard InChI is InChI=1S/C19H23FN2O3/c1-2-25-18-11-10-15(13-16(18)20)21-19(24)22-17(9-6-12-23)14-7-4-3-5-8-14/h3-5,7-8,10-11,13,17,23H,2,6,9,12H2,1H3,(H2,21,22,24). The van der Waals surface area contributed by atoms with Gasteiger partial charge in [-0.2, -0.15) is 0 Å². The summed E-state index contributed by atoms with van der Waals surface area (Å²) in [6, 6.07) is 13.1. The number of urea groups is 1. The van der Waals surface area contributed by atoms with Crippen molar-refractivity contribution in [2.45, 2.75) is 25.8 Å². The minimum atomic E-state index is -0.528. The van der Waals surface area contributed by atoms with Gasteiger partial charge in [0.05, 0.1) is 12.6 Å². The van der Waals surface area contributed by atoms with Gasteiger partial charge in [0, 0.05) is 18.4 Å². The summed E-state index contributed by atoms with van der Waals surface area (Å²) in [5.74, 6) is -0.377. The van der Waals surface area contributed by atoms with E-state index in [1.165, 1.54) is 12.1 Å². The zero-order valence-electron chi connectivity index (χ0n) is 14.2. The van der Waals surface area contributed by atoms with E-state index in [4.69, 9.17) is 9.84 Å². The van der Waals surface area contributed by atoms with Crippen molar-refractivity contribution in [3.8, 4) is 5.75 Å². The summed E-state index contributed by atoms with van der Waals surface area (Å²) in [7, 11) is 0. The predicted octanol–water partition coefficient (Wildman–Crippen LogP) is 3.86. The molecule has 2 aromatic rings. The number of carbonyl (C=O) groups excluding carboxylic acids is 1. The van der Waals surface area contributed by atoms with Crippen LogP contribution in [0.2, 0.25) is 0 Å². The number of ether oxygens (including phenoxy) is 1. The second kappa shape index (κ2) is 9.64. The summed E-state index contributed by atoms with van der Waals surface area (Å²) in [5.41, 5.74) is 1.29. The van der Waals surface area contributed by atoms with Crippen LogP contribution in [0.3, 0.4) is 0 Å². The van der Waals surface area contributed by atoms with Crippen LogP contribution in [-0.4, -0.2) is 24.4 Å². The molecule has 1 atom stereocenters. The van der Waals surface area contributed by atoms with E-state index in [2.05, 4.69) is 10.6 Å². The Bertz CT molecular complexity index is 680. The number of hydrogen-bond acceptors (Lipinski definition) is 3. The largest absolute Gasteiger partial charge is 0.491 e. The molecule has 0 bridgehead atoms. The molecule has 6 heteroatoms. The van der Waals surface area contributed by atoms with Crippen molar-refractivity contribution >= 4 is 11.7 Å². The molecule has 2 rings (SSSR count). The van der Waals surface area contributed by atoms with E-state index in [0.717, 1.165) is 5.56 Å². The number of anilines is 1. The third-order valence-corrected chi connectivity index (χ3v) is 3.65. The van der Waals surface area contributed by atoms with Crippen molar-refractivity contribution in [2.75, 3.05) is 18.5 Å². The molecule has 0 saturated carbocycles. The quantitative estimate of drug-likeness (QED) is 0.680. The van der Waals surface area contributed by atoms with E-state index in [1.54, 1.807) is 13.0 Å². The highest BCUT2D eigenvalue weighted by Crippen LogP contribution is 2.22. The second-order valence-electron chi connectivity index (χ2n) is 5.51. The minimum Gasteiger partial charge on any atom is -0.491 e. The molecule has 1 unspecified atom stereocenters. The van der Waals surface area contributed by atoms with E-state index in [-0.39, 0.29) is 18.4 Å². The zero-order valence-corrected chi connectivity index (χ0v) is 14.2. The first-order valence-electron chi connectivity index (χ1n) is 8.29. The number of amides is 2. The number of carbonyl (C=O) groups is 1. The smallest absolute Gasteiger partial charge is 0.319 e. The van der Waals surface area contributed by atoms with Crippen LogP contribution in [0.1, 0.15) is 31.4 Å². The average molecular weight is 346 g/mol. The summed E-state index contributed by atoms with van der Waals surface area (Å²) in [5, 5.41) is 14.5. The third-order valence-electron chi connectivity index (χ3n) is 3.65. The molecule has 0 saturated heterocycles. The molecule has 2 aromatic carbocycles. The van der Waals surface area contributed by atoms with Crippen molar-refractivity contribution in [2.24, 2.45) is 0 Å². The molecular formula is C19H23FN2O3. The van der Waals surface area contributed by atoms with Crippen LogP contribution in [0, 0.1) is 5.82 Å². The van der Waals surface area contributed by atoms with Crippen molar-refractivity contribution in [1.29, 1.82) is 0 Å². The average Bonchev–Trinajstić information content (AvgIpc) is 2.62. The highest BCUT2D eigenvalue weighted by Gasteiger charge is 2.15. The molecule has 0 radical (unpaired) electrons. The number of hydrogen-bond donors (Lipinski definition) is 3. The van der Waals surface area contributed by atoms with Gasteiger partial charge in [-0.15, -0.1) is 0 Å². The third kappa shape index (κ3) is 5.76. The summed E-state index contributed by atoms with van der Waals surface area (Å²) in [6.45, 7) is 2.19. The van der Waals surface area contributed by atoms with E-state index < -0.39 is 11.8 Å². The van der Waals surface area contributed by atoms with Crippen LogP contribution < -0.4 is 15.4 Å². The Balaban J connectivity index is 2.02. The van der Waals surface area contributed by atoms with E-state index in [9.17, 15) is 9.18 Å². The fourth-order valence-electron chi connectivity index (χ4n) is 2.48.